The van der Waals surface area contributed by atoms with Crippen LogP contribution in [0.3, 0.4) is 0 Å². The minimum atomic E-state index is -0.546. The van der Waals surface area contributed by atoms with Gasteiger partial charge in [0.1, 0.15) is 17.0 Å². The molecule has 0 saturated carbocycles. The van der Waals surface area contributed by atoms with Crippen LogP contribution in [-0.4, -0.2) is 15.2 Å². The number of nitrogens with one attached hydrogen (secondary N) is 1. The Morgan fingerprint density at radius 2 is 2.14 bits per heavy atom. The van der Waals surface area contributed by atoms with Gasteiger partial charge < -0.3 is 5.32 Å². The number of hydrogen-bond donors (Lipinski definition) is 1. The van der Waals surface area contributed by atoms with Crippen molar-refractivity contribution < 1.29 is 13.9 Å². The minimum absolute atomic E-state index is 0.0790. The van der Waals surface area contributed by atoms with Crippen LogP contribution in [0.2, 0.25) is 0 Å². The van der Waals surface area contributed by atoms with Gasteiger partial charge in [-0.25, -0.2) is 9.02 Å². The van der Waals surface area contributed by atoms with Crippen LogP contribution in [0.5, 0.6) is 0 Å². The largest absolute Gasteiger partial charge is 0.375 e. The molecule has 7 nitrogen and oxygen atoms in total. The van der Waals surface area contributed by atoms with E-state index < -0.39 is 4.92 Å². The van der Waals surface area contributed by atoms with Crippen LogP contribution in [0.4, 0.5) is 15.8 Å². The van der Waals surface area contributed by atoms with E-state index in [1.165, 1.54) is 12.1 Å². The average Bonchev–Trinajstić information content (AvgIpc) is 2.95. The molecule has 22 heavy (non-hydrogen) atoms. The summed E-state index contributed by atoms with van der Waals surface area (Å²) in [7, 11) is 0. The van der Waals surface area contributed by atoms with Crippen molar-refractivity contribution in [3.63, 3.8) is 0 Å². The van der Waals surface area contributed by atoms with Gasteiger partial charge >= 0.3 is 5.69 Å². The number of rotatable bonds is 4. The van der Waals surface area contributed by atoms with E-state index in [1.54, 1.807) is 18.2 Å². The molecule has 0 unspecified atom stereocenters. The molecule has 0 atom stereocenters. The predicted octanol–water partition coefficient (Wildman–Crippen LogP) is 3.64. The standard InChI is InChI=1S/C13H8BrFN4O3/c14-8-5-7(1-2-9(8)15)6-16-11-4-3-10-12(18-22-17-10)13(11)19(20)21/h1-5,16H,6H2. The maximum absolute atomic E-state index is 13.2. The number of anilines is 1. The number of aromatic nitrogens is 2. The smallest absolute Gasteiger partial charge is 0.323 e. The second-order valence-electron chi connectivity index (χ2n) is 4.45. The predicted molar refractivity (Wildman–Crippen MR) is 79.9 cm³/mol. The first kappa shape index (κ1) is 14.4. The Bertz CT molecular complexity index is 868. The summed E-state index contributed by atoms with van der Waals surface area (Å²) in [6.07, 6.45) is 0. The van der Waals surface area contributed by atoms with E-state index in [0.717, 1.165) is 5.56 Å². The van der Waals surface area contributed by atoms with Crippen LogP contribution in [0.15, 0.2) is 39.4 Å². The number of nitro groups is 1. The highest BCUT2D eigenvalue weighted by Gasteiger charge is 2.22. The van der Waals surface area contributed by atoms with Gasteiger partial charge in [0.05, 0.1) is 9.40 Å². The first-order valence-electron chi connectivity index (χ1n) is 6.13. The molecule has 1 aromatic heterocycles. The van der Waals surface area contributed by atoms with Crippen molar-refractivity contribution in [2.24, 2.45) is 0 Å². The molecule has 112 valence electrons. The Morgan fingerprint density at radius 3 is 2.86 bits per heavy atom. The average molecular weight is 367 g/mol. The molecule has 9 heteroatoms. The first-order valence-corrected chi connectivity index (χ1v) is 6.93. The quantitative estimate of drug-likeness (QED) is 0.559. The normalized spacial score (nSPS) is 10.8. The van der Waals surface area contributed by atoms with Gasteiger partial charge in [-0.15, -0.1) is 0 Å². The van der Waals surface area contributed by atoms with Gasteiger partial charge in [0.15, 0.2) is 0 Å². The van der Waals surface area contributed by atoms with E-state index in [1.807, 2.05) is 0 Å². The van der Waals surface area contributed by atoms with Crippen molar-refractivity contribution in [1.82, 2.24) is 10.3 Å². The topological polar surface area (TPSA) is 94.1 Å². The van der Waals surface area contributed by atoms with E-state index in [0.29, 0.717) is 9.99 Å². The lowest BCUT2D eigenvalue weighted by Crippen LogP contribution is -2.03. The molecule has 0 saturated heterocycles. The molecule has 0 amide bonds. The molecule has 0 fully saturated rings. The third-order valence-electron chi connectivity index (χ3n) is 3.05. The van der Waals surface area contributed by atoms with Gasteiger partial charge in [-0.1, -0.05) is 6.07 Å². The molecular weight excluding hydrogens is 359 g/mol. The van der Waals surface area contributed by atoms with Crippen LogP contribution < -0.4 is 5.32 Å². The van der Waals surface area contributed by atoms with Crippen molar-refractivity contribution in [1.29, 1.82) is 0 Å². The van der Waals surface area contributed by atoms with E-state index in [9.17, 15) is 14.5 Å². The molecule has 1 heterocycles. The summed E-state index contributed by atoms with van der Waals surface area (Å²) in [5, 5.41) is 21.3. The Balaban J connectivity index is 1.91. The van der Waals surface area contributed by atoms with Crippen molar-refractivity contribution in [2.75, 3.05) is 5.32 Å². The Morgan fingerprint density at radius 1 is 1.32 bits per heavy atom. The Hall–Kier alpha value is -2.55. The summed E-state index contributed by atoms with van der Waals surface area (Å²) in [6.45, 7) is 0.288. The van der Waals surface area contributed by atoms with Crippen LogP contribution in [-0.2, 0) is 6.54 Å². The van der Waals surface area contributed by atoms with E-state index in [2.05, 4.69) is 36.2 Å². The lowest BCUT2D eigenvalue weighted by Gasteiger charge is -2.07. The molecule has 3 rings (SSSR count). The summed E-state index contributed by atoms with van der Waals surface area (Å²) in [6, 6.07) is 7.62. The monoisotopic (exact) mass is 366 g/mol. The van der Waals surface area contributed by atoms with Crippen molar-refractivity contribution in [3.8, 4) is 0 Å². The second kappa shape index (κ2) is 5.68. The maximum Gasteiger partial charge on any atom is 0.323 e. The molecule has 0 radical (unpaired) electrons. The molecule has 0 bridgehead atoms. The Kier molecular flexibility index (Phi) is 3.72. The van der Waals surface area contributed by atoms with Crippen LogP contribution in [0.25, 0.3) is 11.0 Å². The molecular formula is C13H8BrFN4O3. The van der Waals surface area contributed by atoms with E-state index >= 15 is 0 Å². The SMILES string of the molecule is O=[N+]([O-])c1c(NCc2ccc(F)c(Br)c2)ccc2nonc12. The Labute approximate surface area is 131 Å². The fraction of sp³-hybridized carbons (Fsp3) is 0.0769. The fourth-order valence-corrected chi connectivity index (χ4v) is 2.44. The van der Waals surface area contributed by atoms with Crippen LogP contribution in [0.1, 0.15) is 5.56 Å². The van der Waals surface area contributed by atoms with Crippen LogP contribution in [0, 0.1) is 15.9 Å². The lowest BCUT2D eigenvalue weighted by molar-refractivity contribution is -0.382. The molecule has 2 aromatic carbocycles. The van der Waals surface area contributed by atoms with Crippen molar-refractivity contribution in [2.45, 2.75) is 6.54 Å². The van der Waals surface area contributed by atoms with Gasteiger partial charge in [-0.3, -0.25) is 10.1 Å². The molecule has 3 aromatic rings. The van der Waals surface area contributed by atoms with Gasteiger partial charge in [0, 0.05) is 6.54 Å². The minimum Gasteiger partial charge on any atom is -0.375 e. The fourth-order valence-electron chi connectivity index (χ4n) is 2.01. The highest BCUT2D eigenvalue weighted by atomic mass is 79.9. The van der Waals surface area contributed by atoms with Gasteiger partial charge in [0.2, 0.25) is 5.52 Å². The third kappa shape index (κ3) is 2.62. The van der Waals surface area contributed by atoms with E-state index in [4.69, 9.17) is 0 Å². The number of nitrogens with zero attached hydrogens (tertiary/aromatic N) is 3. The summed E-state index contributed by atoms with van der Waals surface area (Å²) in [5.41, 5.74) is 1.23. The first-order chi connectivity index (χ1) is 10.6. The number of hydrogen-bond acceptors (Lipinski definition) is 6. The number of fused-ring (bicyclic) bond motifs is 1. The number of benzene rings is 2. The van der Waals surface area contributed by atoms with Gasteiger partial charge in [0.25, 0.3) is 0 Å². The van der Waals surface area contributed by atoms with Crippen molar-refractivity contribution >= 4 is 38.3 Å². The number of nitro benzene ring substituents is 1. The molecule has 0 aliphatic heterocycles. The van der Waals surface area contributed by atoms with Crippen molar-refractivity contribution in [3.05, 3.63) is 56.3 Å². The van der Waals surface area contributed by atoms with E-state index in [-0.39, 0.29) is 29.3 Å². The summed E-state index contributed by atoms with van der Waals surface area (Å²) in [4.78, 5) is 10.7. The highest BCUT2D eigenvalue weighted by Crippen LogP contribution is 2.31. The summed E-state index contributed by atoms with van der Waals surface area (Å²) in [5.74, 6) is -0.371. The van der Waals surface area contributed by atoms with Crippen LogP contribution >= 0.6 is 15.9 Å². The zero-order valence-electron chi connectivity index (χ0n) is 10.9. The number of halogens is 2. The molecule has 1 N–H and O–H groups in total. The summed E-state index contributed by atoms with van der Waals surface area (Å²) < 4.78 is 18.0. The van der Waals surface area contributed by atoms with Gasteiger partial charge in [-0.05, 0) is 56.1 Å². The molecule has 0 spiro atoms. The second-order valence-corrected chi connectivity index (χ2v) is 5.31. The zero-order chi connectivity index (χ0) is 15.7. The highest BCUT2D eigenvalue weighted by molar-refractivity contribution is 9.10. The zero-order valence-corrected chi connectivity index (χ0v) is 12.5. The third-order valence-corrected chi connectivity index (χ3v) is 3.66. The lowest BCUT2D eigenvalue weighted by atomic mass is 10.2. The molecule has 0 aliphatic carbocycles. The van der Waals surface area contributed by atoms with Gasteiger partial charge in [-0.2, -0.15) is 0 Å². The molecule has 0 aliphatic rings. The maximum atomic E-state index is 13.2. The summed E-state index contributed by atoms with van der Waals surface area (Å²) >= 11 is 3.10.